The number of rotatable bonds is 4. The molecule has 0 aromatic rings. The van der Waals surface area contributed by atoms with E-state index in [2.05, 4.69) is 0 Å². The average molecular weight is 158 g/mol. The molecule has 0 aliphatic heterocycles. The van der Waals surface area contributed by atoms with Gasteiger partial charge in [0.15, 0.2) is 0 Å². The molecular weight excluding hydrogens is 144 g/mol. The standard InChI is InChI=1S/C8H14O3/c1-4-6(9)8(3,5-2)7(10)11/h4-5H2,1-3H3,(H,10,11). The summed E-state index contributed by atoms with van der Waals surface area (Å²) >= 11 is 0. The molecule has 0 saturated carbocycles. The van der Waals surface area contributed by atoms with E-state index in [4.69, 9.17) is 5.11 Å². The molecule has 0 aromatic carbocycles. The third kappa shape index (κ3) is 1.79. The van der Waals surface area contributed by atoms with Crippen molar-refractivity contribution >= 4 is 11.8 Å². The number of aliphatic carboxylic acids is 1. The summed E-state index contributed by atoms with van der Waals surface area (Å²) in [5.41, 5.74) is -1.17. The molecule has 0 heterocycles. The van der Waals surface area contributed by atoms with Crippen LogP contribution < -0.4 is 0 Å². The van der Waals surface area contributed by atoms with E-state index in [0.29, 0.717) is 6.42 Å². The highest BCUT2D eigenvalue weighted by molar-refractivity contribution is 6.02. The molecule has 0 aromatic heterocycles. The lowest BCUT2D eigenvalue weighted by molar-refractivity contribution is -0.153. The fraction of sp³-hybridized carbons (Fsp3) is 0.750. The molecule has 0 saturated heterocycles. The van der Waals surface area contributed by atoms with Crippen molar-refractivity contribution < 1.29 is 14.7 Å². The van der Waals surface area contributed by atoms with Crippen LogP contribution in [0.3, 0.4) is 0 Å². The van der Waals surface area contributed by atoms with E-state index in [9.17, 15) is 9.59 Å². The van der Waals surface area contributed by atoms with E-state index in [-0.39, 0.29) is 12.2 Å². The summed E-state index contributed by atoms with van der Waals surface area (Å²) in [5.74, 6) is -1.22. The van der Waals surface area contributed by atoms with Crippen molar-refractivity contribution in [1.29, 1.82) is 0 Å². The van der Waals surface area contributed by atoms with Gasteiger partial charge in [-0.05, 0) is 13.3 Å². The summed E-state index contributed by atoms with van der Waals surface area (Å²) in [7, 11) is 0. The van der Waals surface area contributed by atoms with Crippen molar-refractivity contribution in [3.05, 3.63) is 0 Å². The first-order valence-electron chi connectivity index (χ1n) is 3.75. The van der Waals surface area contributed by atoms with Crippen molar-refractivity contribution in [2.24, 2.45) is 5.41 Å². The molecule has 1 unspecified atom stereocenters. The molecule has 0 aliphatic carbocycles. The molecule has 0 fully saturated rings. The van der Waals surface area contributed by atoms with Gasteiger partial charge in [0.05, 0.1) is 0 Å². The van der Waals surface area contributed by atoms with Crippen molar-refractivity contribution in [1.82, 2.24) is 0 Å². The second-order valence-corrected chi connectivity index (χ2v) is 2.77. The Hall–Kier alpha value is -0.860. The first kappa shape index (κ1) is 10.1. The van der Waals surface area contributed by atoms with Gasteiger partial charge in [0, 0.05) is 6.42 Å². The number of hydrogen-bond acceptors (Lipinski definition) is 2. The van der Waals surface area contributed by atoms with Gasteiger partial charge in [0.2, 0.25) is 0 Å². The van der Waals surface area contributed by atoms with Crippen LogP contribution in [0.4, 0.5) is 0 Å². The number of carbonyl (C=O) groups is 2. The number of hydrogen-bond donors (Lipinski definition) is 1. The summed E-state index contributed by atoms with van der Waals surface area (Å²) in [6, 6.07) is 0. The number of carbonyl (C=O) groups excluding carboxylic acids is 1. The van der Waals surface area contributed by atoms with Crippen LogP contribution in [0, 0.1) is 5.41 Å². The average Bonchev–Trinajstić information content (AvgIpc) is 2.01. The van der Waals surface area contributed by atoms with E-state index >= 15 is 0 Å². The Morgan fingerprint density at radius 1 is 1.36 bits per heavy atom. The van der Waals surface area contributed by atoms with Crippen LogP contribution in [0.2, 0.25) is 0 Å². The topological polar surface area (TPSA) is 54.4 Å². The number of carboxylic acids is 1. The SMILES string of the molecule is CCC(=O)C(C)(CC)C(=O)O. The first-order valence-corrected chi connectivity index (χ1v) is 3.75. The Kier molecular flexibility index (Phi) is 3.23. The summed E-state index contributed by atoms with van der Waals surface area (Å²) in [5, 5.41) is 8.71. The minimum atomic E-state index is -1.17. The van der Waals surface area contributed by atoms with Crippen molar-refractivity contribution in [2.75, 3.05) is 0 Å². The highest BCUT2D eigenvalue weighted by atomic mass is 16.4. The maximum Gasteiger partial charge on any atom is 0.316 e. The van der Waals surface area contributed by atoms with Crippen LogP contribution in [0.25, 0.3) is 0 Å². The van der Waals surface area contributed by atoms with E-state index in [1.54, 1.807) is 13.8 Å². The van der Waals surface area contributed by atoms with Crippen LogP contribution in [0.1, 0.15) is 33.6 Å². The van der Waals surface area contributed by atoms with Crippen LogP contribution in [-0.4, -0.2) is 16.9 Å². The smallest absolute Gasteiger partial charge is 0.316 e. The maximum absolute atomic E-state index is 11.1. The van der Waals surface area contributed by atoms with Crippen molar-refractivity contribution in [2.45, 2.75) is 33.6 Å². The Bertz CT molecular complexity index is 174. The summed E-state index contributed by atoms with van der Waals surface area (Å²) in [6.07, 6.45) is 0.644. The van der Waals surface area contributed by atoms with Gasteiger partial charge in [-0.3, -0.25) is 9.59 Å². The van der Waals surface area contributed by atoms with Gasteiger partial charge in [-0.25, -0.2) is 0 Å². The Labute approximate surface area is 66.4 Å². The normalized spacial score (nSPS) is 15.5. The van der Waals surface area contributed by atoms with Gasteiger partial charge in [-0.2, -0.15) is 0 Å². The highest BCUT2D eigenvalue weighted by Gasteiger charge is 2.37. The minimum absolute atomic E-state index is 0.201. The lowest BCUT2D eigenvalue weighted by Gasteiger charge is -2.19. The lowest BCUT2D eigenvalue weighted by atomic mass is 9.82. The molecule has 3 heteroatoms. The Balaban J connectivity index is 4.59. The molecule has 0 radical (unpaired) electrons. The number of Topliss-reactive ketones (excluding diaryl/α,β-unsaturated/α-hetero) is 1. The summed E-state index contributed by atoms with van der Waals surface area (Å²) < 4.78 is 0. The molecule has 0 rings (SSSR count). The highest BCUT2D eigenvalue weighted by Crippen LogP contribution is 2.23. The molecule has 1 N–H and O–H groups in total. The molecule has 1 atom stereocenters. The van der Waals surface area contributed by atoms with Crippen LogP contribution in [0.5, 0.6) is 0 Å². The van der Waals surface area contributed by atoms with Crippen LogP contribution >= 0.6 is 0 Å². The van der Waals surface area contributed by atoms with Crippen molar-refractivity contribution in [3.63, 3.8) is 0 Å². The Morgan fingerprint density at radius 3 is 1.91 bits per heavy atom. The van der Waals surface area contributed by atoms with Gasteiger partial charge in [-0.15, -0.1) is 0 Å². The quantitative estimate of drug-likeness (QED) is 0.630. The van der Waals surface area contributed by atoms with E-state index in [1.165, 1.54) is 6.92 Å². The third-order valence-corrected chi connectivity index (χ3v) is 2.12. The Morgan fingerprint density at radius 2 is 1.82 bits per heavy atom. The second kappa shape index (κ2) is 3.51. The molecule has 3 nitrogen and oxygen atoms in total. The molecule has 0 bridgehead atoms. The zero-order valence-electron chi connectivity index (χ0n) is 7.18. The molecule has 0 spiro atoms. The van der Waals surface area contributed by atoms with Gasteiger partial charge < -0.3 is 5.11 Å². The fourth-order valence-corrected chi connectivity index (χ4v) is 0.858. The van der Waals surface area contributed by atoms with Gasteiger partial charge in [0.1, 0.15) is 11.2 Å². The molecule has 0 amide bonds. The van der Waals surface area contributed by atoms with E-state index in [1.807, 2.05) is 0 Å². The van der Waals surface area contributed by atoms with Gasteiger partial charge in [-0.1, -0.05) is 13.8 Å². The fourth-order valence-electron chi connectivity index (χ4n) is 0.858. The number of ketones is 1. The lowest BCUT2D eigenvalue weighted by Crippen LogP contribution is -2.35. The zero-order valence-corrected chi connectivity index (χ0v) is 7.18. The monoisotopic (exact) mass is 158 g/mol. The third-order valence-electron chi connectivity index (χ3n) is 2.12. The first-order chi connectivity index (χ1) is 4.99. The maximum atomic E-state index is 11.1. The zero-order chi connectivity index (χ0) is 9.07. The summed E-state index contributed by atoms with van der Waals surface area (Å²) in [4.78, 5) is 21.8. The molecule has 0 aliphatic rings. The van der Waals surface area contributed by atoms with E-state index < -0.39 is 11.4 Å². The van der Waals surface area contributed by atoms with Crippen LogP contribution in [-0.2, 0) is 9.59 Å². The molecular formula is C8H14O3. The second-order valence-electron chi connectivity index (χ2n) is 2.77. The molecule has 11 heavy (non-hydrogen) atoms. The van der Waals surface area contributed by atoms with E-state index in [0.717, 1.165) is 0 Å². The predicted molar refractivity (Wildman–Crippen MR) is 41.3 cm³/mol. The van der Waals surface area contributed by atoms with Gasteiger partial charge >= 0.3 is 5.97 Å². The largest absolute Gasteiger partial charge is 0.481 e. The van der Waals surface area contributed by atoms with Crippen molar-refractivity contribution in [3.8, 4) is 0 Å². The minimum Gasteiger partial charge on any atom is -0.481 e. The predicted octanol–water partition coefficient (Wildman–Crippen LogP) is 1.47. The summed E-state index contributed by atoms with van der Waals surface area (Å²) in [6.45, 7) is 4.86. The van der Waals surface area contributed by atoms with Crippen LogP contribution in [0.15, 0.2) is 0 Å². The number of carboxylic acid groups (broad SMARTS) is 1. The van der Waals surface area contributed by atoms with Gasteiger partial charge in [0.25, 0.3) is 0 Å². The molecule has 64 valence electrons.